The van der Waals surface area contributed by atoms with E-state index in [-0.39, 0.29) is 0 Å². The minimum absolute atomic E-state index is 0.418. The summed E-state index contributed by atoms with van der Waals surface area (Å²) >= 11 is 0. The van der Waals surface area contributed by atoms with Crippen LogP contribution in [0.15, 0.2) is 24.3 Å². The first-order valence-electron chi connectivity index (χ1n) is 5.01. The molecular formula is C12H14O4. The summed E-state index contributed by atoms with van der Waals surface area (Å²) in [5.41, 5.74) is 0.511. The molecule has 4 heteroatoms. The number of esters is 1. The number of aldehydes is 1. The minimum atomic E-state index is -0.632. The third-order valence-corrected chi connectivity index (χ3v) is 2.11. The molecule has 0 aliphatic carbocycles. The number of methoxy groups -OCH3 is 1. The zero-order valence-corrected chi connectivity index (χ0v) is 9.30. The normalized spacial score (nSPS) is 11.6. The number of rotatable bonds is 5. The van der Waals surface area contributed by atoms with Crippen LogP contribution in [0.3, 0.4) is 0 Å². The molecule has 1 unspecified atom stereocenters. The summed E-state index contributed by atoms with van der Waals surface area (Å²) in [6.07, 6.45) is 0.608. The molecule has 1 aromatic carbocycles. The largest absolute Gasteiger partial charge is 0.479 e. The molecule has 0 aliphatic rings. The van der Waals surface area contributed by atoms with E-state index in [9.17, 15) is 9.59 Å². The fraction of sp³-hybridized carbons (Fsp3) is 0.333. The second-order valence-corrected chi connectivity index (χ2v) is 3.23. The van der Waals surface area contributed by atoms with E-state index < -0.39 is 12.1 Å². The van der Waals surface area contributed by atoms with E-state index >= 15 is 0 Å². The molecule has 0 heterocycles. The standard InChI is InChI=1S/C12H14O4/c1-3-11(12(14)15-2)16-10-6-4-5-9(7-10)8-13/h4-8,11H,3H2,1-2H3. The van der Waals surface area contributed by atoms with Crippen molar-refractivity contribution in [1.82, 2.24) is 0 Å². The van der Waals surface area contributed by atoms with Crippen molar-refractivity contribution >= 4 is 12.3 Å². The van der Waals surface area contributed by atoms with Gasteiger partial charge in [0.05, 0.1) is 7.11 Å². The predicted molar refractivity (Wildman–Crippen MR) is 58.6 cm³/mol. The molecule has 0 aromatic heterocycles. The van der Waals surface area contributed by atoms with Crippen LogP contribution < -0.4 is 4.74 Å². The van der Waals surface area contributed by atoms with Gasteiger partial charge >= 0.3 is 5.97 Å². The molecule has 0 saturated carbocycles. The molecule has 0 bridgehead atoms. The first-order chi connectivity index (χ1) is 7.71. The number of hydrogen-bond donors (Lipinski definition) is 0. The highest BCUT2D eigenvalue weighted by atomic mass is 16.6. The first kappa shape index (κ1) is 12.2. The molecule has 86 valence electrons. The molecule has 1 atom stereocenters. The molecule has 1 rings (SSSR count). The topological polar surface area (TPSA) is 52.6 Å². The Morgan fingerprint density at radius 2 is 2.25 bits per heavy atom. The average molecular weight is 222 g/mol. The van der Waals surface area contributed by atoms with Gasteiger partial charge in [0.25, 0.3) is 0 Å². The third kappa shape index (κ3) is 3.08. The van der Waals surface area contributed by atoms with Gasteiger partial charge in [-0.05, 0) is 18.6 Å². The lowest BCUT2D eigenvalue weighted by Gasteiger charge is -2.15. The van der Waals surface area contributed by atoms with Gasteiger partial charge in [0.2, 0.25) is 0 Å². The van der Waals surface area contributed by atoms with E-state index in [0.717, 1.165) is 6.29 Å². The van der Waals surface area contributed by atoms with Crippen molar-refractivity contribution in [2.75, 3.05) is 7.11 Å². The quantitative estimate of drug-likeness (QED) is 0.563. The van der Waals surface area contributed by atoms with Crippen LogP contribution in [0.1, 0.15) is 23.7 Å². The molecule has 0 radical (unpaired) electrons. The van der Waals surface area contributed by atoms with Gasteiger partial charge < -0.3 is 9.47 Å². The van der Waals surface area contributed by atoms with Crippen molar-refractivity contribution in [3.63, 3.8) is 0 Å². The van der Waals surface area contributed by atoms with Gasteiger partial charge in [0.1, 0.15) is 12.0 Å². The SMILES string of the molecule is CCC(Oc1cccc(C=O)c1)C(=O)OC. The van der Waals surface area contributed by atoms with E-state index in [1.807, 2.05) is 6.92 Å². The van der Waals surface area contributed by atoms with Crippen LogP contribution in [0, 0.1) is 0 Å². The Morgan fingerprint density at radius 3 is 2.81 bits per heavy atom. The van der Waals surface area contributed by atoms with Crippen molar-refractivity contribution in [1.29, 1.82) is 0 Å². The third-order valence-electron chi connectivity index (χ3n) is 2.11. The highest BCUT2D eigenvalue weighted by Gasteiger charge is 2.18. The summed E-state index contributed by atoms with van der Waals surface area (Å²) in [5, 5.41) is 0. The van der Waals surface area contributed by atoms with E-state index in [2.05, 4.69) is 4.74 Å². The Kier molecular flexibility index (Phi) is 4.51. The summed E-state index contributed by atoms with van der Waals surface area (Å²) in [5.74, 6) is 0.0702. The van der Waals surface area contributed by atoms with E-state index in [1.54, 1.807) is 24.3 Å². The number of carbonyl (C=O) groups is 2. The maximum absolute atomic E-state index is 11.3. The molecule has 0 aliphatic heterocycles. The minimum Gasteiger partial charge on any atom is -0.479 e. The van der Waals surface area contributed by atoms with Crippen molar-refractivity contribution in [3.05, 3.63) is 29.8 Å². The van der Waals surface area contributed by atoms with E-state index in [0.29, 0.717) is 17.7 Å². The van der Waals surface area contributed by atoms with Gasteiger partial charge in [-0.1, -0.05) is 19.1 Å². The predicted octanol–water partition coefficient (Wildman–Crippen LogP) is 1.83. The number of ether oxygens (including phenoxy) is 2. The molecule has 0 spiro atoms. The molecule has 4 nitrogen and oxygen atoms in total. The highest BCUT2D eigenvalue weighted by Crippen LogP contribution is 2.15. The Bertz CT molecular complexity index is 373. The van der Waals surface area contributed by atoms with Crippen LogP contribution in [0.4, 0.5) is 0 Å². The maximum Gasteiger partial charge on any atom is 0.347 e. The molecule has 16 heavy (non-hydrogen) atoms. The van der Waals surface area contributed by atoms with Gasteiger partial charge in [-0.25, -0.2) is 4.79 Å². The lowest BCUT2D eigenvalue weighted by atomic mass is 10.2. The second kappa shape index (κ2) is 5.90. The van der Waals surface area contributed by atoms with Gasteiger partial charge in [-0.3, -0.25) is 4.79 Å². The monoisotopic (exact) mass is 222 g/mol. The van der Waals surface area contributed by atoms with Crippen LogP contribution >= 0.6 is 0 Å². The van der Waals surface area contributed by atoms with Crippen molar-refractivity contribution in [3.8, 4) is 5.75 Å². The van der Waals surface area contributed by atoms with Crippen molar-refractivity contribution in [2.24, 2.45) is 0 Å². The number of benzene rings is 1. The molecule has 0 fully saturated rings. The lowest BCUT2D eigenvalue weighted by Crippen LogP contribution is -2.27. The average Bonchev–Trinajstić information content (AvgIpc) is 2.35. The molecule has 0 amide bonds. The van der Waals surface area contributed by atoms with Gasteiger partial charge in [-0.15, -0.1) is 0 Å². The van der Waals surface area contributed by atoms with Crippen LogP contribution in [0.25, 0.3) is 0 Å². The van der Waals surface area contributed by atoms with Crippen molar-refractivity contribution in [2.45, 2.75) is 19.4 Å². The summed E-state index contributed by atoms with van der Waals surface area (Å²) in [4.78, 5) is 21.8. The van der Waals surface area contributed by atoms with Crippen molar-refractivity contribution < 1.29 is 19.1 Å². The van der Waals surface area contributed by atoms with Gasteiger partial charge in [-0.2, -0.15) is 0 Å². The van der Waals surface area contributed by atoms with E-state index in [4.69, 9.17) is 4.74 Å². The Morgan fingerprint density at radius 1 is 1.50 bits per heavy atom. The van der Waals surface area contributed by atoms with Crippen LogP contribution in [-0.4, -0.2) is 25.5 Å². The summed E-state index contributed by atoms with van der Waals surface area (Å²) in [6.45, 7) is 1.82. The summed E-state index contributed by atoms with van der Waals surface area (Å²) < 4.78 is 10.0. The van der Waals surface area contributed by atoms with Crippen LogP contribution in [0.5, 0.6) is 5.75 Å². The molecule has 1 aromatic rings. The maximum atomic E-state index is 11.3. The van der Waals surface area contributed by atoms with Crippen LogP contribution in [0.2, 0.25) is 0 Å². The second-order valence-electron chi connectivity index (χ2n) is 3.23. The molecule has 0 saturated heterocycles. The molecule has 0 N–H and O–H groups in total. The number of hydrogen-bond acceptors (Lipinski definition) is 4. The molecular weight excluding hydrogens is 208 g/mol. The van der Waals surface area contributed by atoms with E-state index in [1.165, 1.54) is 7.11 Å². The number of carbonyl (C=O) groups excluding carboxylic acids is 2. The Balaban J connectivity index is 2.77. The fourth-order valence-corrected chi connectivity index (χ4v) is 1.25. The smallest absolute Gasteiger partial charge is 0.347 e. The van der Waals surface area contributed by atoms with Gasteiger partial charge in [0, 0.05) is 5.56 Å². The Labute approximate surface area is 94.2 Å². The summed E-state index contributed by atoms with van der Waals surface area (Å²) in [6, 6.07) is 6.64. The highest BCUT2D eigenvalue weighted by molar-refractivity contribution is 5.76. The van der Waals surface area contributed by atoms with Gasteiger partial charge in [0.15, 0.2) is 6.10 Å². The lowest BCUT2D eigenvalue weighted by molar-refractivity contribution is -0.148. The zero-order chi connectivity index (χ0) is 12.0. The van der Waals surface area contributed by atoms with Crippen LogP contribution in [-0.2, 0) is 9.53 Å². The fourth-order valence-electron chi connectivity index (χ4n) is 1.25. The Hall–Kier alpha value is -1.84. The first-order valence-corrected chi connectivity index (χ1v) is 5.01. The zero-order valence-electron chi connectivity index (χ0n) is 9.30. The summed E-state index contributed by atoms with van der Waals surface area (Å²) in [7, 11) is 1.32.